The molecule has 2 fully saturated rings. The van der Waals surface area contributed by atoms with Crippen molar-refractivity contribution in [2.45, 2.75) is 44.7 Å². The predicted molar refractivity (Wildman–Crippen MR) is 61.6 cm³/mol. The molecule has 0 spiro atoms. The van der Waals surface area contributed by atoms with Crippen LogP contribution in [0.2, 0.25) is 0 Å². The molecule has 1 aliphatic carbocycles. The number of nitrogens with one attached hydrogen (secondary N) is 1. The lowest BCUT2D eigenvalue weighted by atomic mass is 9.93. The molecule has 0 radical (unpaired) electrons. The third-order valence-electron chi connectivity index (χ3n) is 3.34. The lowest BCUT2D eigenvalue weighted by Gasteiger charge is -2.36. The highest BCUT2D eigenvalue weighted by Crippen LogP contribution is 2.27. The molecule has 1 aliphatic heterocycles. The van der Waals surface area contributed by atoms with Gasteiger partial charge in [-0.05, 0) is 31.6 Å². The molecular weight excluding hydrogens is 244 g/mol. The van der Waals surface area contributed by atoms with Gasteiger partial charge in [-0.3, -0.25) is 4.79 Å². The maximum absolute atomic E-state index is 12.0. The van der Waals surface area contributed by atoms with Gasteiger partial charge >= 0.3 is 5.97 Å². The van der Waals surface area contributed by atoms with Crippen LogP contribution in [0.15, 0.2) is 0 Å². The summed E-state index contributed by atoms with van der Waals surface area (Å²) in [5, 5.41) is 9.16. The average molecular weight is 262 g/mol. The second-order valence-corrected chi connectivity index (χ2v) is 6.57. The quantitative estimate of drug-likeness (QED) is 0.756. The SMILES string of the molecule is CC1CCCN(S(=O)(=O)NC2CC2)C1C(=O)O. The van der Waals surface area contributed by atoms with Crippen LogP contribution in [-0.2, 0) is 15.0 Å². The van der Waals surface area contributed by atoms with Crippen LogP contribution in [0.25, 0.3) is 0 Å². The van der Waals surface area contributed by atoms with Gasteiger partial charge in [-0.1, -0.05) is 6.92 Å². The van der Waals surface area contributed by atoms with E-state index in [-0.39, 0.29) is 12.0 Å². The standard InChI is InChI=1S/C10H18N2O4S/c1-7-3-2-6-12(9(7)10(13)14)17(15,16)11-8-4-5-8/h7-9,11H,2-6H2,1H3,(H,13,14). The number of rotatable bonds is 4. The molecule has 1 saturated carbocycles. The highest BCUT2D eigenvalue weighted by molar-refractivity contribution is 7.87. The Morgan fingerprint density at radius 1 is 1.35 bits per heavy atom. The largest absolute Gasteiger partial charge is 0.480 e. The normalized spacial score (nSPS) is 31.4. The lowest BCUT2D eigenvalue weighted by molar-refractivity contribution is -0.144. The molecular formula is C10H18N2O4S. The molecule has 2 atom stereocenters. The van der Waals surface area contributed by atoms with Gasteiger partial charge < -0.3 is 5.11 Å². The maximum Gasteiger partial charge on any atom is 0.322 e. The van der Waals surface area contributed by atoms with Crippen LogP contribution >= 0.6 is 0 Å². The smallest absolute Gasteiger partial charge is 0.322 e. The molecule has 0 amide bonds. The van der Waals surface area contributed by atoms with E-state index in [0.29, 0.717) is 6.54 Å². The van der Waals surface area contributed by atoms with E-state index < -0.39 is 22.2 Å². The van der Waals surface area contributed by atoms with Gasteiger partial charge in [0, 0.05) is 12.6 Å². The summed E-state index contributed by atoms with van der Waals surface area (Å²) in [6.07, 6.45) is 3.17. The fraction of sp³-hybridized carbons (Fsp3) is 0.900. The summed E-state index contributed by atoms with van der Waals surface area (Å²) in [5.41, 5.74) is 0. The van der Waals surface area contributed by atoms with E-state index in [0.717, 1.165) is 30.0 Å². The number of piperidine rings is 1. The fourth-order valence-electron chi connectivity index (χ4n) is 2.27. The molecule has 1 heterocycles. The second kappa shape index (κ2) is 4.55. The molecule has 6 nitrogen and oxygen atoms in total. The average Bonchev–Trinajstić information content (AvgIpc) is 3.00. The molecule has 0 bridgehead atoms. The molecule has 0 aromatic rings. The van der Waals surface area contributed by atoms with Crippen molar-refractivity contribution in [3.05, 3.63) is 0 Å². The van der Waals surface area contributed by atoms with Gasteiger partial charge in [-0.2, -0.15) is 17.4 Å². The van der Waals surface area contributed by atoms with Crippen molar-refractivity contribution in [1.29, 1.82) is 0 Å². The minimum absolute atomic E-state index is 0.00618. The first-order chi connectivity index (χ1) is 7.92. The lowest BCUT2D eigenvalue weighted by Crippen LogP contribution is -2.55. The van der Waals surface area contributed by atoms with E-state index >= 15 is 0 Å². The van der Waals surface area contributed by atoms with E-state index in [1.807, 2.05) is 0 Å². The number of aliphatic carboxylic acids is 1. The van der Waals surface area contributed by atoms with Crippen LogP contribution in [0.1, 0.15) is 32.6 Å². The highest BCUT2D eigenvalue weighted by Gasteiger charge is 2.42. The summed E-state index contributed by atoms with van der Waals surface area (Å²) >= 11 is 0. The second-order valence-electron chi connectivity index (χ2n) is 4.91. The fourth-order valence-corrected chi connectivity index (χ4v) is 4.02. The Kier molecular flexibility index (Phi) is 3.42. The van der Waals surface area contributed by atoms with Gasteiger partial charge in [0.15, 0.2) is 0 Å². The first kappa shape index (κ1) is 12.8. The number of hydrogen-bond acceptors (Lipinski definition) is 3. The van der Waals surface area contributed by atoms with Crippen molar-refractivity contribution >= 4 is 16.2 Å². The van der Waals surface area contributed by atoms with Gasteiger partial charge in [-0.25, -0.2) is 0 Å². The van der Waals surface area contributed by atoms with E-state index in [1.54, 1.807) is 6.92 Å². The molecule has 17 heavy (non-hydrogen) atoms. The zero-order chi connectivity index (χ0) is 12.6. The molecule has 2 N–H and O–H groups in total. The Morgan fingerprint density at radius 2 is 2.00 bits per heavy atom. The van der Waals surface area contributed by atoms with Crippen molar-refractivity contribution in [3.8, 4) is 0 Å². The van der Waals surface area contributed by atoms with Gasteiger partial charge in [0.05, 0.1) is 0 Å². The Morgan fingerprint density at radius 3 is 2.53 bits per heavy atom. The van der Waals surface area contributed by atoms with E-state index in [1.165, 1.54) is 0 Å². The summed E-state index contributed by atoms with van der Waals surface area (Å²) in [5.74, 6) is -1.20. The summed E-state index contributed by atoms with van der Waals surface area (Å²) < 4.78 is 27.7. The Balaban J connectivity index is 2.18. The van der Waals surface area contributed by atoms with Crippen LogP contribution in [0.5, 0.6) is 0 Å². The van der Waals surface area contributed by atoms with Crippen molar-refractivity contribution < 1.29 is 18.3 Å². The topological polar surface area (TPSA) is 86.7 Å². The van der Waals surface area contributed by atoms with E-state index in [4.69, 9.17) is 5.11 Å². The summed E-state index contributed by atoms with van der Waals surface area (Å²) in [6, 6.07) is -0.924. The molecule has 0 aromatic carbocycles. The van der Waals surface area contributed by atoms with Crippen molar-refractivity contribution in [3.63, 3.8) is 0 Å². The zero-order valence-corrected chi connectivity index (χ0v) is 10.6. The van der Waals surface area contributed by atoms with Crippen molar-refractivity contribution in [1.82, 2.24) is 9.03 Å². The molecule has 2 aliphatic rings. The third kappa shape index (κ3) is 2.78. The minimum atomic E-state index is -3.64. The summed E-state index contributed by atoms with van der Waals surface area (Å²) in [6.45, 7) is 2.08. The first-order valence-corrected chi connectivity index (χ1v) is 7.38. The van der Waals surface area contributed by atoms with E-state index in [2.05, 4.69) is 4.72 Å². The summed E-state index contributed by atoms with van der Waals surface area (Å²) in [7, 11) is -3.64. The van der Waals surface area contributed by atoms with Crippen molar-refractivity contribution in [2.24, 2.45) is 5.92 Å². The Labute approximate surface area is 101 Å². The molecule has 0 aromatic heterocycles. The van der Waals surface area contributed by atoms with Crippen LogP contribution in [-0.4, -0.2) is 42.4 Å². The Bertz CT molecular complexity index is 405. The minimum Gasteiger partial charge on any atom is -0.480 e. The van der Waals surface area contributed by atoms with Crippen LogP contribution in [0.4, 0.5) is 0 Å². The van der Waals surface area contributed by atoms with Crippen molar-refractivity contribution in [2.75, 3.05) is 6.54 Å². The zero-order valence-electron chi connectivity index (χ0n) is 9.80. The molecule has 98 valence electrons. The van der Waals surface area contributed by atoms with Crippen LogP contribution < -0.4 is 4.72 Å². The van der Waals surface area contributed by atoms with Gasteiger partial charge in [-0.15, -0.1) is 0 Å². The molecule has 7 heteroatoms. The maximum atomic E-state index is 12.0. The number of nitrogens with zero attached hydrogens (tertiary/aromatic N) is 1. The number of carboxylic acids is 1. The molecule has 1 saturated heterocycles. The monoisotopic (exact) mass is 262 g/mol. The van der Waals surface area contributed by atoms with Gasteiger partial charge in [0.25, 0.3) is 10.2 Å². The highest BCUT2D eigenvalue weighted by atomic mass is 32.2. The van der Waals surface area contributed by atoms with Crippen LogP contribution in [0.3, 0.4) is 0 Å². The van der Waals surface area contributed by atoms with Gasteiger partial charge in [0.2, 0.25) is 0 Å². The van der Waals surface area contributed by atoms with E-state index in [9.17, 15) is 13.2 Å². The number of carbonyl (C=O) groups is 1. The molecule has 2 rings (SSSR count). The van der Waals surface area contributed by atoms with Gasteiger partial charge in [0.1, 0.15) is 6.04 Å². The first-order valence-electron chi connectivity index (χ1n) is 5.93. The summed E-state index contributed by atoms with van der Waals surface area (Å²) in [4.78, 5) is 11.2. The predicted octanol–water partition coefficient (Wildman–Crippen LogP) is 0.168. The molecule has 2 unspecified atom stereocenters. The number of hydrogen-bond donors (Lipinski definition) is 2. The Hall–Kier alpha value is -0.660. The number of carboxylic acid groups (broad SMARTS) is 1. The van der Waals surface area contributed by atoms with Crippen LogP contribution in [0, 0.1) is 5.92 Å². The third-order valence-corrected chi connectivity index (χ3v) is 5.00.